The fraction of sp³-hybridized carbons (Fsp3) is 0.120. The molecule has 2 heterocycles. The number of aryl methyl sites for hydroxylation is 2. The number of carbonyl (C=O) groups excluding carboxylic acids is 1. The minimum absolute atomic E-state index is 0.120. The van der Waals surface area contributed by atoms with Crippen LogP contribution < -0.4 is 5.32 Å². The highest BCUT2D eigenvalue weighted by Crippen LogP contribution is 2.29. The molecule has 6 nitrogen and oxygen atoms in total. The number of carbonyl (C=O) groups is 1. The lowest BCUT2D eigenvalue weighted by Gasteiger charge is -2.11. The first-order chi connectivity index (χ1) is 15.6. The summed E-state index contributed by atoms with van der Waals surface area (Å²) in [5, 5.41) is 13.1. The van der Waals surface area contributed by atoms with Crippen molar-refractivity contribution >= 4 is 45.4 Å². The number of H-pyrrole nitrogens is 1. The van der Waals surface area contributed by atoms with Gasteiger partial charge in [-0.25, -0.2) is 4.98 Å². The summed E-state index contributed by atoms with van der Waals surface area (Å²) in [6.45, 7) is 4.12. The van der Waals surface area contributed by atoms with E-state index in [1.807, 2.05) is 54.6 Å². The molecule has 0 fully saturated rings. The van der Waals surface area contributed by atoms with Crippen LogP contribution in [0.4, 0.5) is 5.69 Å². The first-order valence-electron chi connectivity index (χ1n) is 10.3. The molecule has 1 amide bonds. The Kier molecular flexibility index (Phi) is 5.33. The number of amides is 1. The zero-order valence-electron chi connectivity index (χ0n) is 17.7. The highest BCUT2D eigenvalue weighted by Gasteiger charge is 2.13. The Labute approximate surface area is 189 Å². The predicted molar refractivity (Wildman–Crippen MR) is 130 cm³/mol. The molecule has 2 N–H and O–H groups in total. The molecule has 2 aromatic heterocycles. The molecule has 0 saturated carbocycles. The van der Waals surface area contributed by atoms with Gasteiger partial charge in [-0.2, -0.15) is 0 Å². The topological polar surface area (TPSA) is 83.6 Å². The third-order valence-electron chi connectivity index (χ3n) is 5.26. The zero-order chi connectivity index (χ0) is 22.1. The van der Waals surface area contributed by atoms with Gasteiger partial charge < -0.3 is 10.3 Å². The third kappa shape index (κ3) is 3.94. The Morgan fingerprint density at radius 1 is 1.00 bits per heavy atom. The molecule has 0 atom stereocenters. The number of nitrogens with one attached hydrogen (secondary N) is 2. The first kappa shape index (κ1) is 20.2. The molecule has 0 spiro atoms. The van der Waals surface area contributed by atoms with Crippen molar-refractivity contribution in [3.05, 3.63) is 77.9 Å². The van der Waals surface area contributed by atoms with E-state index in [1.165, 1.54) is 17.3 Å². The highest BCUT2D eigenvalue weighted by atomic mass is 32.2. The number of nitrogens with zero attached hydrogens (tertiary/aromatic N) is 3. The molecule has 0 bridgehead atoms. The molecule has 5 aromatic rings. The third-order valence-corrected chi connectivity index (χ3v) is 6.10. The van der Waals surface area contributed by atoms with E-state index in [1.54, 1.807) is 0 Å². The largest absolute Gasteiger partial charge is 0.337 e. The molecule has 0 aliphatic carbocycles. The number of aromatic amines is 1. The number of thioether (sulfide) groups is 1. The van der Waals surface area contributed by atoms with E-state index in [2.05, 4.69) is 51.5 Å². The van der Waals surface area contributed by atoms with Crippen molar-refractivity contribution in [2.75, 3.05) is 11.1 Å². The minimum atomic E-state index is -0.120. The summed E-state index contributed by atoms with van der Waals surface area (Å²) in [7, 11) is 0. The normalized spacial score (nSPS) is 11.2. The molecule has 3 aromatic carbocycles. The maximum absolute atomic E-state index is 12.6. The van der Waals surface area contributed by atoms with Gasteiger partial charge >= 0.3 is 0 Å². The van der Waals surface area contributed by atoms with Gasteiger partial charge in [-0.15, -0.1) is 10.2 Å². The second-order valence-corrected chi connectivity index (χ2v) is 8.61. The van der Waals surface area contributed by atoms with E-state index in [0.717, 1.165) is 38.8 Å². The lowest BCUT2D eigenvalue weighted by atomic mass is 10.0. The summed E-state index contributed by atoms with van der Waals surface area (Å²) >= 11 is 1.26. The number of aromatic nitrogens is 4. The van der Waals surface area contributed by atoms with Gasteiger partial charge in [-0.05, 0) is 37.1 Å². The van der Waals surface area contributed by atoms with E-state index >= 15 is 0 Å². The van der Waals surface area contributed by atoms with Gasteiger partial charge in [0.1, 0.15) is 5.52 Å². The van der Waals surface area contributed by atoms with Gasteiger partial charge in [0.15, 0.2) is 5.65 Å². The number of rotatable bonds is 5. The molecular formula is C25H21N5OS. The Morgan fingerprint density at radius 2 is 1.78 bits per heavy atom. The summed E-state index contributed by atoms with van der Waals surface area (Å²) < 4.78 is 0. The highest BCUT2D eigenvalue weighted by molar-refractivity contribution is 7.99. The van der Waals surface area contributed by atoms with Crippen LogP contribution in [0, 0.1) is 13.8 Å². The summed E-state index contributed by atoms with van der Waals surface area (Å²) in [6.07, 6.45) is 0. The van der Waals surface area contributed by atoms with E-state index in [0.29, 0.717) is 10.8 Å². The molecule has 0 unspecified atom stereocenters. The van der Waals surface area contributed by atoms with E-state index in [4.69, 9.17) is 0 Å². The van der Waals surface area contributed by atoms with E-state index < -0.39 is 0 Å². The van der Waals surface area contributed by atoms with Crippen molar-refractivity contribution in [1.82, 2.24) is 20.2 Å². The van der Waals surface area contributed by atoms with Crippen LogP contribution in [0.15, 0.2) is 71.9 Å². The Morgan fingerprint density at radius 3 is 2.62 bits per heavy atom. The van der Waals surface area contributed by atoms with Crippen molar-refractivity contribution in [2.24, 2.45) is 0 Å². The molecule has 5 rings (SSSR count). The van der Waals surface area contributed by atoms with Gasteiger partial charge in [0, 0.05) is 16.6 Å². The Hall–Kier alpha value is -3.71. The molecule has 0 radical (unpaired) electrons. The van der Waals surface area contributed by atoms with Crippen LogP contribution in [0.1, 0.15) is 11.1 Å². The van der Waals surface area contributed by atoms with Crippen LogP contribution in [-0.4, -0.2) is 31.8 Å². The number of hydrogen-bond donors (Lipinski definition) is 2. The van der Waals surface area contributed by atoms with Gasteiger partial charge in [0.25, 0.3) is 0 Å². The summed E-state index contributed by atoms with van der Waals surface area (Å²) in [5.74, 6) is 0.0690. The number of para-hydroxylation sites is 1. The number of benzene rings is 3. The number of anilines is 1. The smallest absolute Gasteiger partial charge is 0.234 e. The van der Waals surface area contributed by atoms with Gasteiger partial charge in [-0.1, -0.05) is 71.9 Å². The van der Waals surface area contributed by atoms with Crippen molar-refractivity contribution in [2.45, 2.75) is 19.0 Å². The summed E-state index contributed by atoms with van der Waals surface area (Å²) in [4.78, 5) is 20.6. The molecule has 7 heteroatoms. The average molecular weight is 440 g/mol. The monoisotopic (exact) mass is 439 g/mol. The summed E-state index contributed by atoms with van der Waals surface area (Å²) in [5.41, 5.74) is 7.57. The van der Waals surface area contributed by atoms with Crippen LogP contribution >= 0.6 is 11.8 Å². The van der Waals surface area contributed by atoms with Gasteiger partial charge in [0.05, 0.1) is 11.3 Å². The average Bonchev–Trinajstić information content (AvgIpc) is 3.17. The van der Waals surface area contributed by atoms with E-state index in [9.17, 15) is 4.79 Å². The van der Waals surface area contributed by atoms with Crippen molar-refractivity contribution < 1.29 is 4.79 Å². The first-order valence-corrected chi connectivity index (χ1v) is 11.3. The fourth-order valence-electron chi connectivity index (χ4n) is 3.86. The molecule has 0 saturated heterocycles. The number of hydrogen-bond acceptors (Lipinski definition) is 5. The molecular weight excluding hydrogens is 418 g/mol. The maximum atomic E-state index is 12.6. The second kappa shape index (κ2) is 8.43. The van der Waals surface area contributed by atoms with Crippen LogP contribution in [-0.2, 0) is 4.79 Å². The minimum Gasteiger partial charge on any atom is -0.337 e. The molecule has 158 valence electrons. The standard InChI is InChI=1S/C25H21N5OS/c1-15-12-16(2)22-19(13-15)23-24(27-22)28-25(30-29-23)32-14-21(31)26-20-11-7-6-10-18(20)17-8-4-3-5-9-17/h3-13H,14H2,1-2H3,(H,26,31)(H,27,28,30). The van der Waals surface area contributed by atoms with Crippen molar-refractivity contribution in [1.29, 1.82) is 0 Å². The maximum Gasteiger partial charge on any atom is 0.234 e. The number of fused-ring (bicyclic) bond motifs is 3. The van der Waals surface area contributed by atoms with Crippen LogP contribution in [0.25, 0.3) is 33.2 Å². The van der Waals surface area contributed by atoms with Crippen molar-refractivity contribution in [3.63, 3.8) is 0 Å². The van der Waals surface area contributed by atoms with E-state index in [-0.39, 0.29) is 11.7 Å². The van der Waals surface area contributed by atoms with Crippen LogP contribution in [0.2, 0.25) is 0 Å². The van der Waals surface area contributed by atoms with Gasteiger partial charge in [-0.3, -0.25) is 4.79 Å². The van der Waals surface area contributed by atoms with Crippen LogP contribution in [0.5, 0.6) is 0 Å². The zero-order valence-corrected chi connectivity index (χ0v) is 18.5. The molecule has 0 aliphatic heterocycles. The molecule has 32 heavy (non-hydrogen) atoms. The quantitative estimate of drug-likeness (QED) is 0.352. The van der Waals surface area contributed by atoms with Crippen LogP contribution in [0.3, 0.4) is 0 Å². The SMILES string of the molecule is Cc1cc(C)c2[nH]c3nc(SCC(=O)Nc4ccccc4-c4ccccc4)nnc3c2c1. The lowest BCUT2D eigenvalue weighted by Crippen LogP contribution is -2.15. The predicted octanol–water partition coefficient (Wildman–Crippen LogP) is 5.52. The fourth-order valence-corrected chi connectivity index (χ4v) is 4.44. The second-order valence-electron chi connectivity index (χ2n) is 7.67. The molecule has 0 aliphatic rings. The Bertz CT molecular complexity index is 1450. The Balaban J connectivity index is 1.33. The van der Waals surface area contributed by atoms with Crippen molar-refractivity contribution in [3.8, 4) is 11.1 Å². The summed E-state index contributed by atoms with van der Waals surface area (Å²) in [6, 6.07) is 22.0. The van der Waals surface area contributed by atoms with Gasteiger partial charge in [0.2, 0.25) is 11.1 Å². The lowest BCUT2D eigenvalue weighted by molar-refractivity contribution is -0.113.